The molecule has 0 aliphatic carbocycles. The molecular weight excluding hydrogens is 546 g/mol. The van der Waals surface area contributed by atoms with Crippen molar-refractivity contribution in [2.24, 2.45) is 5.92 Å². The normalized spacial score (nSPS) is 13.7. The Labute approximate surface area is 245 Å². The average Bonchev–Trinajstić information content (AvgIpc) is 2.97. The van der Waals surface area contributed by atoms with Crippen molar-refractivity contribution < 1.29 is 47.7 Å². The van der Waals surface area contributed by atoms with Gasteiger partial charge in [0.25, 0.3) is 5.91 Å². The van der Waals surface area contributed by atoms with E-state index in [0.717, 1.165) is 11.1 Å². The van der Waals surface area contributed by atoms with Gasteiger partial charge in [-0.15, -0.1) is 0 Å². The van der Waals surface area contributed by atoms with E-state index < -0.39 is 60.1 Å². The van der Waals surface area contributed by atoms with E-state index in [4.69, 9.17) is 23.7 Å². The standard InChI is InChI=1S/C31H39NO10/c1-20(2)28(34)41-22(4)30(36)42-23(5)29(35)40-21(3)27(33)32-26(18-24-12-8-6-9-13-24)31(37)39-17-16-38-19-25-14-10-7-11-15-25/h6-15,20-23,26H,16-19H2,1-5H3,(H,32,33). The maximum atomic E-state index is 12.9. The van der Waals surface area contributed by atoms with Crippen molar-refractivity contribution in [2.75, 3.05) is 13.2 Å². The fourth-order valence-electron chi connectivity index (χ4n) is 3.40. The summed E-state index contributed by atoms with van der Waals surface area (Å²) in [6.45, 7) is 7.61. The molecule has 2 aromatic carbocycles. The van der Waals surface area contributed by atoms with Gasteiger partial charge in [0, 0.05) is 6.42 Å². The summed E-state index contributed by atoms with van der Waals surface area (Å²) >= 11 is 0. The highest BCUT2D eigenvalue weighted by Crippen LogP contribution is 2.09. The Morgan fingerprint density at radius 3 is 1.67 bits per heavy atom. The van der Waals surface area contributed by atoms with Crippen LogP contribution in [-0.4, -0.2) is 67.4 Å². The van der Waals surface area contributed by atoms with Crippen LogP contribution in [0.5, 0.6) is 0 Å². The molecule has 1 N–H and O–H groups in total. The van der Waals surface area contributed by atoms with Gasteiger partial charge < -0.3 is 29.0 Å². The third-order valence-corrected chi connectivity index (χ3v) is 5.85. The fourth-order valence-corrected chi connectivity index (χ4v) is 3.40. The first-order valence-electron chi connectivity index (χ1n) is 13.7. The molecule has 228 valence electrons. The fraction of sp³-hybridized carbons (Fsp3) is 0.452. The van der Waals surface area contributed by atoms with Crippen LogP contribution in [0.1, 0.15) is 45.7 Å². The average molecular weight is 586 g/mol. The lowest BCUT2D eigenvalue weighted by Gasteiger charge is -2.22. The molecular formula is C31H39NO10. The third kappa shape index (κ3) is 12.1. The lowest BCUT2D eigenvalue weighted by atomic mass is 10.1. The quantitative estimate of drug-likeness (QED) is 0.177. The number of benzene rings is 2. The highest BCUT2D eigenvalue weighted by atomic mass is 16.6. The zero-order chi connectivity index (χ0) is 31.1. The number of carbonyl (C=O) groups is 5. The molecule has 0 aromatic heterocycles. The summed E-state index contributed by atoms with van der Waals surface area (Å²) in [5.41, 5.74) is 1.76. The lowest BCUT2D eigenvalue weighted by molar-refractivity contribution is -0.180. The Balaban J connectivity index is 1.89. The molecule has 4 atom stereocenters. The van der Waals surface area contributed by atoms with E-state index >= 15 is 0 Å². The van der Waals surface area contributed by atoms with Crippen LogP contribution in [0, 0.1) is 5.92 Å². The summed E-state index contributed by atoms with van der Waals surface area (Å²) in [5, 5.41) is 2.57. The Kier molecular flexibility index (Phi) is 14.2. The Morgan fingerprint density at radius 1 is 0.619 bits per heavy atom. The molecule has 11 nitrogen and oxygen atoms in total. The number of rotatable bonds is 16. The van der Waals surface area contributed by atoms with Crippen molar-refractivity contribution in [1.29, 1.82) is 0 Å². The summed E-state index contributed by atoms with van der Waals surface area (Å²) < 4.78 is 26.0. The number of hydrogen-bond donors (Lipinski definition) is 1. The summed E-state index contributed by atoms with van der Waals surface area (Å²) in [7, 11) is 0. The summed E-state index contributed by atoms with van der Waals surface area (Å²) in [5.74, 6) is -4.41. The zero-order valence-electron chi connectivity index (χ0n) is 24.6. The SMILES string of the molecule is CC(C)C(=O)OC(C)C(=O)OC(C)C(=O)OC(C)C(=O)NC(Cc1ccccc1)C(=O)OCCOCc1ccccc1. The summed E-state index contributed by atoms with van der Waals surface area (Å²) in [6, 6.07) is 17.5. The number of ether oxygens (including phenoxy) is 5. The van der Waals surface area contributed by atoms with E-state index in [2.05, 4.69) is 5.32 Å². The number of hydrogen-bond acceptors (Lipinski definition) is 10. The second-order valence-electron chi connectivity index (χ2n) is 9.85. The van der Waals surface area contributed by atoms with Crippen molar-refractivity contribution in [3.05, 3.63) is 71.8 Å². The molecule has 0 aliphatic heterocycles. The topological polar surface area (TPSA) is 144 Å². The minimum Gasteiger partial charge on any atom is -0.462 e. The second-order valence-corrected chi connectivity index (χ2v) is 9.85. The van der Waals surface area contributed by atoms with Crippen molar-refractivity contribution >= 4 is 29.8 Å². The number of carbonyl (C=O) groups excluding carboxylic acids is 5. The predicted molar refractivity (Wildman–Crippen MR) is 151 cm³/mol. The molecule has 0 radical (unpaired) electrons. The zero-order valence-corrected chi connectivity index (χ0v) is 24.6. The van der Waals surface area contributed by atoms with Crippen LogP contribution < -0.4 is 5.32 Å². The highest BCUT2D eigenvalue weighted by Gasteiger charge is 2.30. The van der Waals surface area contributed by atoms with Gasteiger partial charge in [-0.1, -0.05) is 74.5 Å². The third-order valence-electron chi connectivity index (χ3n) is 5.85. The number of esters is 4. The number of nitrogens with one attached hydrogen (secondary N) is 1. The molecule has 0 spiro atoms. The molecule has 11 heteroatoms. The molecule has 4 unspecified atom stereocenters. The Morgan fingerprint density at radius 2 is 1.12 bits per heavy atom. The maximum absolute atomic E-state index is 12.9. The maximum Gasteiger partial charge on any atom is 0.347 e. The van der Waals surface area contributed by atoms with Gasteiger partial charge in [0.05, 0.1) is 19.1 Å². The summed E-state index contributed by atoms with van der Waals surface area (Å²) in [6.07, 6.45) is -3.80. The van der Waals surface area contributed by atoms with Gasteiger partial charge in [-0.05, 0) is 31.9 Å². The molecule has 0 bridgehead atoms. The molecule has 0 saturated carbocycles. The first-order chi connectivity index (χ1) is 20.0. The van der Waals surface area contributed by atoms with E-state index in [-0.39, 0.29) is 19.6 Å². The molecule has 0 fully saturated rings. The van der Waals surface area contributed by atoms with Crippen molar-refractivity contribution in [3.8, 4) is 0 Å². The molecule has 2 aromatic rings. The second kappa shape index (κ2) is 17.5. The van der Waals surface area contributed by atoms with Crippen LogP contribution in [0.2, 0.25) is 0 Å². The highest BCUT2D eigenvalue weighted by molar-refractivity contribution is 5.89. The van der Waals surface area contributed by atoms with Gasteiger partial charge in [-0.3, -0.25) is 9.59 Å². The van der Waals surface area contributed by atoms with Gasteiger partial charge >= 0.3 is 23.9 Å². The Bertz CT molecular complexity index is 1170. The van der Waals surface area contributed by atoms with Crippen molar-refractivity contribution in [1.82, 2.24) is 5.32 Å². The van der Waals surface area contributed by atoms with E-state index in [1.54, 1.807) is 38.1 Å². The molecule has 2 rings (SSSR count). The minimum atomic E-state index is -1.38. The van der Waals surface area contributed by atoms with Gasteiger partial charge in [0.15, 0.2) is 18.3 Å². The first kappa shape index (κ1) is 34.0. The monoisotopic (exact) mass is 585 g/mol. The summed E-state index contributed by atoms with van der Waals surface area (Å²) in [4.78, 5) is 62.1. The van der Waals surface area contributed by atoms with Gasteiger partial charge in [-0.25, -0.2) is 14.4 Å². The van der Waals surface area contributed by atoms with Gasteiger partial charge in [0.2, 0.25) is 0 Å². The molecule has 0 saturated heterocycles. The van der Waals surface area contributed by atoms with Crippen LogP contribution in [-0.2, 0) is 60.7 Å². The molecule has 42 heavy (non-hydrogen) atoms. The lowest BCUT2D eigenvalue weighted by Crippen LogP contribution is -2.48. The minimum absolute atomic E-state index is 0.0227. The van der Waals surface area contributed by atoms with Crippen molar-refractivity contribution in [2.45, 2.75) is 72.0 Å². The van der Waals surface area contributed by atoms with Crippen molar-refractivity contribution in [3.63, 3.8) is 0 Å². The van der Waals surface area contributed by atoms with Crippen LogP contribution in [0.15, 0.2) is 60.7 Å². The smallest absolute Gasteiger partial charge is 0.347 e. The molecule has 0 aliphatic rings. The van der Waals surface area contributed by atoms with E-state index in [1.807, 2.05) is 36.4 Å². The first-order valence-corrected chi connectivity index (χ1v) is 13.7. The van der Waals surface area contributed by atoms with E-state index in [0.29, 0.717) is 6.61 Å². The van der Waals surface area contributed by atoms with Gasteiger partial charge in [0.1, 0.15) is 12.6 Å². The Hall–Kier alpha value is -4.25. The van der Waals surface area contributed by atoms with Gasteiger partial charge in [-0.2, -0.15) is 0 Å². The van der Waals surface area contributed by atoms with Crippen LogP contribution in [0.4, 0.5) is 0 Å². The van der Waals surface area contributed by atoms with Crippen LogP contribution in [0.25, 0.3) is 0 Å². The van der Waals surface area contributed by atoms with Crippen LogP contribution >= 0.6 is 0 Å². The van der Waals surface area contributed by atoms with E-state index in [9.17, 15) is 24.0 Å². The van der Waals surface area contributed by atoms with E-state index in [1.165, 1.54) is 20.8 Å². The largest absolute Gasteiger partial charge is 0.462 e. The molecule has 0 heterocycles. The number of amides is 1. The van der Waals surface area contributed by atoms with Crippen LogP contribution in [0.3, 0.4) is 0 Å². The predicted octanol–water partition coefficient (Wildman–Crippen LogP) is 2.93. The molecule has 1 amide bonds.